The van der Waals surface area contributed by atoms with Gasteiger partial charge in [-0.2, -0.15) is 0 Å². The maximum Gasteiger partial charge on any atom is 0.0909 e. The number of aryl methyl sites for hydroxylation is 2. The molecule has 0 radical (unpaired) electrons. The lowest BCUT2D eigenvalue weighted by Gasteiger charge is -2.06. The van der Waals surface area contributed by atoms with Crippen LogP contribution in [0.2, 0.25) is 0 Å². The summed E-state index contributed by atoms with van der Waals surface area (Å²) < 4.78 is 1.46. The molecule has 0 bridgehead atoms. The molecule has 0 fully saturated rings. The molecule has 0 saturated heterocycles. The van der Waals surface area contributed by atoms with E-state index >= 15 is 0 Å². The molecule has 0 unspecified atom stereocenters. The largest absolute Gasteiger partial charge is 0.245 e. The fraction of sp³-hybridized carbons (Fsp3) is 0.571. The zero-order valence-electron chi connectivity index (χ0n) is 5.89. The molecule has 0 spiro atoms. The van der Waals surface area contributed by atoms with Crippen molar-refractivity contribution in [3.8, 4) is 0 Å². The summed E-state index contributed by atoms with van der Waals surface area (Å²) in [6.07, 6.45) is 2.51. The van der Waals surface area contributed by atoms with Gasteiger partial charge in [-0.05, 0) is 25.5 Å². The standard InChI is InChI=1S/C7H9NS2/c1-5-8-6-3-2-4-9-7(6)10-5/h2-4H2,1H3. The molecule has 10 heavy (non-hydrogen) atoms. The van der Waals surface area contributed by atoms with Crippen LogP contribution in [-0.2, 0) is 6.42 Å². The van der Waals surface area contributed by atoms with E-state index in [1.54, 1.807) is 0 Å². The van der Waals surface area contributed by atoms with Gasteiger partial charge in [0.2, 0.25) is 0 Å². The van der Waals surface area contributed by atoms with Crippen LogP contribution in [0.15, 0.2) is 4.21 Å². The number of nitrogens with zero attached hydrogens (tertiary/aromatic N) is 1. The number of hydrogen-bond donors (Lipinski definition) is 0. The van der Waals surface area contributed by atoms with E-state index in [0.29, 0.717) is 0 Å². The average molecular weight is 171 g/mol. The van der Waals surface area contributed by atoms with Crippen molar-refractivity contribution in [2.24, 2.45) is 0 Å². The Morgan fingerprint density at radius 3 is 3.20 bits per heavy atom. The molecule has 0 saturated carbocycles. The molecule has 2 rings (SSSR count). The van der Waals surface area contributed by atoms with Crippen LogP contribution in [-0.4, -0.2) is 10.7 Å². The van der Waals surface area contributed by atoms with Crippen LogP contribution in [0, 0.1) is 6.92 Å². The number of fused-ring (bicyclic) bond motifs is 1. The highest BCUT2D eigenvalue weighted by atomic mass is 32.2. The number of rotatable bonds is 0. The third kappa shape index (κ3) is 1.08. The zero-order valence-corrected chi connectivity index (χ0v) is 7.52. The minimum atomic E-state index is 1.20. The second kappa shape index (κ2) is 2.55. The first-order valence-corrected chi connectivity index (χ1v) is 5.25. The molecule has 1 aliphatic heterocycles. The van der Waals surface area contributed by atoms with Gasteiger partial charge in [0.05, 0.1) is 14.9 Å². The highest BCUT2D eigenvalue weighted by Crippen LogP contribution is 2.34. The molecular weight excluding hydrogens is 162 g/mol. The summed E-state index contributed by atoms with van der Waals surface area (Å²) in [5.74, 6) is 1.29. The van der Waals surface area contributed by atoms with Crippen LogP contribution < -0.4 is 0 Å². The summed E-state index contributed by atoms with van der Waals surface area (Å²) in [5.41, 5.74) is 1.35. The molecule has 54 valence electrons. The Bertz CT molecular complexity index is 218. The van der Waals surface area contributed by atoms with Crippen molar-refractivity contribution in [1.29, 1.82) is 0 Å². The summed E-state index contributed by atoms with van der Waals surface area (Å²) in [6, 6.07) is 0. The molecule has 1 aliphatic rings. The Hall–Kier alpha value is -0.0200. The molecular formula is C7H9NS2. The van der Waals surface area contributed by atoms with Gasteiger partial charge in [0.1, 0.15) is 0 Å². The van der Waals surface area contributed by atoms with Crippen LogP contribution in [0.1, 0.15) is 17.1 Å². The molecule has 0 aromatic carbocycles. The maximum atomic E-state index is 4.45. The van der Waals surface area contributed by atoms with Crippen molar-refractivity contribution < 1.29 is 0 Å². The summed E-state index contributed by atoms with van der Waals surface area (Å²) >= 11 is 3.81. The van der Waals surface area contributed by atoms with Gasteiger partial charge in [0.15, 0.2) is 0 Å². The Labute approximate surface area is 68.9 Å². The van der Waals surface area contributed by atoms with Crippen LogP contribution in [0.3, 0.4) is 0 Å². The fourth-order valence-corrected chi connectivity index (χ4v) is 3.45. The number of aromatic nitrogens is 1. The molecule has 1 aromatic heterocycles. The second-order valence-corrected chi connectivity index (χ2v) is 4.99. The van der Waals surface area contributed by atoms with Gasteiger partial charge in [-0.3, -0.25) is 0 Å². The first-order chi connectivity index (χ1) is 4.86. The molecule has 0 aliphatic carbocycles. The molecule has 3 heteroatoms. The highest BCUT2D eigenvalue weighted by molar-refractivity contribution is 8.01. The number of hydrogen-bond acceptors (Lipinski definition) is 3. The minimum Gasteiger partial charge on any atom is -0.245 e. The first-order valence-electron chi connectivity index (χ1n) is 3.45. The predicted octanol–water partition coefficient (Wildman–Crippen LogP) is 2.49. The molecule has 0 amide bonds. The summed E-state index contributed by atoms with van der Waals surface area (Å²) in [6.45, 7) is 2.09. The van der Waals surface area contributed by atoms with E-state index in [2.05, 4.69) is 11.9 Å². The smallest absolute Gasteiger partial charge is 0.0909 e. The van der Waals surface area contributed by atoms with E-state index in [1.165, 1.54) is 33.5 Å². The Morgan fingerprint density at radius 2 is 2.40 bits per heavy atom. The predicted molar refractivity (Wildman–Crippen MR) is 45.9 cm³/mol. The van der Waals surface area contributed by atoms with Gasteiger partial charge < -0.3 is 0 Å². The lowest BCUT2D eigenvalue weighted by atomic mass is 10.3. The van der Waals surface area contributed by atoms with Gasteiger partial charge >= 0.3 is 0 Å². The molecule has 0 atom stereocenters. The number of thioether (sulfide) groups is 1. The van der Waals surface area contributed by atoms with E-state index in [9.17, 15) is 0 Å². The van der Waals surface area contributed by atoms with E-state index in [-0.39, 0.29) is 0 Å². The van der Waals surface area contributed by atoms with Crippen molar-refractivity contribution in [1.82, 2.24) is 4.98 Å². The van der Waals surface area contributed by atoms with Crippen LogP contribution in [0.4, 0.5) is 0 Å². The van der Waals surface area contributed by atoms with E-state index in [4.69, 9.17) is 0 Å². The van der Waals surface area contributed by atoms with E-state index < -0.39 is 0 Å². The van der Waals surface area contributed by atoms with Crippen molar-refractivity contribution in [3.05, 3.63) is 10.7 Å². The summed E-state index contributed by atoms with van der Waals surface area (Å²) in [4.78, 5) is 4.45. The molecule has 1 nitrogen and oxygen atoms in total. The van der Waals surface area contributed by atoms with Crippen molar-refractivity contribution in [3.63, 3.8) is 0 Å². The van der Waals surface area contributed by atoms with Crippen LogP contribution in [0.5, 0.6) is 0 Å². The van der Waals surface area contributed by atoms with Crippen LogP contribution in [0.25, 0.3) is 0 Å². The van der Waals surface area contributed by atoms with Gasteiger partial charge in [-0.25, -0.2) is 4.98 Å². The summed E-state index contributed by atoms with van der Waals surface area (Å²) in [7, 11) is 0. The first kappa shape index (κ1) is 6.68. The van der Waals surface area contributed by atoms with Crippen molar-refractivity contribution in [2.45, 2.75) is 24.0 Å². The quantitative estimate of drug-likeness (QED) is 0.595. The Balaban J connectivity index is 2.41. The lowest BCUT2D eigenvalue weighted by molar-refractivity contribution is 0.862. The van der Waals surface area contributed by atoms with Crippen molar-refractivity contribution >= 4 is 23.1 Å². The Kier molecular flexibility index (Phi) is 1.70. The number of thiazole rings is 1. The Morgan fingerprint density at radius 1 is 1.50 bits per heavy atom. The van der Waals surface area contributed by atoms with Gasteiger partial charge in [-0.15, -0.1) is 23.1 Å². The van der Waals surface area contributed by atoms with Gasteiger partial charge in [0.25, 0.3) is 0 Å². The normalized spacial score (nSPS) is 16.9. The average Bonchev–Trinajstić information content (AvgIpc) is 2.27. The highest BCUT2D eigenvalue weighted by Gasteiger charge is 2.13. The van der Waals surface area contributed by atoms with Gasteiger partial charge in [-0.1, -0.05) is 0 Å². The second-order valence-electron chi connectivity index (χ2n) is 2.42. The zero-order chi connectivity index (χ0) is 6.97. The maximum absolute atomic E-state index is 4.45. The topological polar surface area (TPSA) is 12.9 Å². The van der Waals surface area contributed by atoms with E-state index in [1.807, 2.05) is 23.1 Å². The van der Waals surface area contributed by atoms with Gasteiger partial charge in [0, 0.05) is 0 Å². The monoisotopic (exact) mass is 171 g/mol. The summed E-state index contributed by atoms with van der Waals surface area (Å²) in [5, 5.41) is 1.22. The third-order valence-corrected chi connectivity index (χ3v) is 3.96. The lowest BCUT2D eigenvalue weighted by Crippen LogP contribution is -1.95. The molecule has 0 N–H and O–H groups in total. The fourth-order valence-electron chi connectivity index (χ4n) is 1.13. The molecule has 2 heterocycles. The van der Waals surface area contributed by atoms with E-state index in [0.717, 1.165) is 0 Å². The SMILES string of the molecule is Cc1nc2c(s1)SCCC2. The third-order valence-electron chi connectivity index (χ3n) is 1.56. The van der Waals surface area contributed by atoms with Crippen LogP contribution >= 0.6 is 23.1 Å². The minimum absolute atomic E-state index is 1.20. The molecule has 1 aromatic rings. The van der Waals surface area contributed by atoms with Crippen molar-refractivity contribution in [2.75, 3.05) is 5.75 Å².